The molecule has 1 aromatic heterocycles. The second-order valence-corrected chi connectivity index (χ2v) is 8.35. The maximum absolute atomic E-state index is 12.2. The van der Waals surface area contributed by atoms with E-state index in [-0.39, 0.29) is 17.2 Å². The Hall–Kier alpha value is -1.44. The van der Waals surface area contributed by atoms with E-state index < -0.39 is 0 Å². The topological polar surface area (TPSA) is 74.8 Å². The Morgan fingerprint density at radius 3 is 2.77 bits per heavy atom. The lowest BCUT2D eigenvalue weighted by Crippen LogP contribution is -2.16. The van der Waals surface area contributed by atoms with Crippen LogP contribution >= 0.6 is 35.1 Å². The van der Waals surface area contributed by atoms with Gasteiger partial charge >= 0.3 is 0 Å². The average Bonchev–Trinajstić information content (AvgIpc) is 2.56. The van der Waals surface area contributed by atoms with Crippen LogP contribution in [0.2, 0.25) is 5.02 Å². The molecule has 0 aliphatic carbocycles. The van der Waals surface area contributed by atoms with Crippen LogP contribution in [-0.2, 0) is 10.5 Å². The predicted molar refractivity (Wildman–Crippen MR) is 112 cm³/mol. The second-order valence-electron chi connectivity index (χ2n) is 5.87. The summed E-state index contributed by atoms with van der Waals surface area (Å²) in [5.74, 6) is 1.65. The number of benzene rings is 1. The van der Waals surface area contributed by atoms with Gasteiger partial charge in [0.25, 0.3) is 5.56 Å². The molecule has 0 aliphatic rings. The fourth-order valence-electron chi connectivity index (χ4n) is 2.33. The van der Waals surface area contributed by atoms with Crippen molar-refractivity contribution in [1.82, 2.24) is 9.97 Å². The number of nitrogens with zero attached hydrogens (tertiary/aromatic N) is 1. The molecule has 8 heteroatoms. The van der Waals surface area contributed by atoms with E-state index in [9.17, 15) is 9.59 Å². The number of H-pyrrole nitrogens is 1. The minimum atomic E-state index is -0.201. The number of nitrogens with one attached hydrogen (secondary N) is 2. The maximum Gasteiger partial charge on any atom is 0.251 e. The number of anilines is 1. The van der Waals surface area contributed by atoms with Crippen LogP contribution in [0.15, 0.2) is 28.2 Å². The molecule has 0 radical (unpaired) electrons. The standard InChI is InChI=1S/C18H22ClN3O2S2/c1-4-5-25-9-13-8-15(23)22-18(20-13)26-10-16(24)21-17-12(3)6-11(2)7-14(17)19/h6-8H,4-5,9-10H2,1-3H3,(H,21,24)(H,20,22,23). The summed E-state index contributed by atoms with van der Waals surface area (Å²) in [5.41, 5.74) is 3.10. The molecule has 1 amide bonds. The number of aromatic amines is 1. The Balaban J connectivity index is 1.98. The van der Waals surface area contributed by atoms with Gasteiger partial charge in [0.2, 0.25) is 5.91 Å². The van der Waals surface area contributed by atoms with Gasteiger partial charge in [-0.2, -0.15) is 11.8 Å². The molecule has 0 saturated carbocycles. The van der Waals surface area contributed by atoms with Gasteiger partial charge in [-0.1, -0.05) is 36.4 Å². The van der Waals surface area contributed by atoms with Gasteiger partial charge in [-0.25, -0.2) is 4.98 Å². The molecule has 0 spiro atoms. The molecule has 2 rings (SSSR count). The van der Waals surface area contributed by atoms with Crippen molar-refractivity contribution in [3.05, 3.63) is 50.4 Å². The minimum Gasteiger partial charge on any atom is -0.324 e. The van der Waals surface area contributed by atoms with Gasteiger partial charge in [0, 0.05) is 11.8 Å². The molecule has 0 bridgehead atoms. The number of amides is 1. The first kappa shape index (κ1) is 20.9. The lowest BCUT2D eigenvalue weighted by atomic mass is 10.1. The third kappa shape index (κ3) is 6.37. The third-order valence-corrected chi connectivity index (χ3v) is 5.78. The van der Waals surface area contributed by atoms with Gasteiger partial charge in [-0.15, -0.1) is 0 Å². The molecule has 140 valence electrons. The number of rotatable bonds is 8. The van der Waals surface area contributed by atoms with E-state index in [0.29, 0.717) is 21.6 Å². The Morgan fingerprint density at radius 2 is 2.08 bits per heavy atom. The van der Waals surface area contributed by atoms with E-state index in [0.717, 1.165) is 29.0 Å². The SMILES string of the molecule is CCCSCc1cc(=O)[nH]c(SCC(=O)Nc2c(C)cc(C)cc2Cl)n1. The second kappa shape index (κ2) is 10.0. The van der Waals surface area contributed by atoms with Crippen molar-refractivity contribution in [1.29, 1.82) is 0 Å². The van der Waals surface area contributed by atoms with Crippen LogP contribution in [-0.4, -0.2) is 27.4 Å². The fourth-order valence-corrected chi connectivity index (χ4v) is 4.18. The van der Waals surface area contributed by atoms with E-state index in [4.69, 9.17) is 11.6 Å². The van der Waals surface area contributed by atoms with E-state index in [1.807, 2.05) is 26.0 Å². The van der Waals surface area contributed by atoms with Crippen LogP contribution < -0.4 is 10.9 Å². The first-order valence-corrected chi connectivity index (χ1v) is 10.8. The molecule has 0 saturated heterocycles. The highest BCUT2D eigenvalue weighted by molar-refractivity contribution is 7.99. The monoisotopic (exact) mass is 411 g/mol. The van der Waals surface area contributed by atoms with Crippen molar-refractivity contribution >= 4 is 46.7 Å². The molecule has 2 aromatic rings. The Bertz CT molecular complexity index is 816. The summed E-state index contributed by atoms with van der Waals surface area (Å²) < 4.78 is 0. The summed E-state index contributed by atoms with van der Waals surface area (Å²) in [6.45, 7) is 5.96. The highest BCUT2D eigenvalue weighted by atomic mass is 35.5. The van der Waals surface area contributed by atoms with Gasteiger partial charge in [0.15, 0.2) is 5.16 Å². The number of thioether (sulfide) groups is 2. The number of hydrogen-bond acceptors (Lipinski definition) is 5. The van der Waals surface area contributed by atoms with Crippen LogP contribution in [0.25, 0.3) is 0 Å². The van der Waals surface area contributed by atoms with Gasteiger partial charge in [0.05, 0.1) is 22.2 Å². The first-order valence-electron chi connectivity index (χ1n) is 8.26. The number of carbonyl (C=O) groups excluding carboxylic acids is 1. The molecule has 1 aromatic carbocycles. The molecule has 0 unspecified atom stereocenters. The van der Waals surface area contributed by atoms with Crippen molar-refractivity contribution < 1.29 is 4.79 Å². The van der Waals surface area contributed by atoms with Gasteiger partial charge in [-0.3, -0.25) is 9.59 Å². The Kier molecular flexibility index (Phi) is 8.06. The quantitative estimate of drug-likeness (QED) is 0.382. The number of halogens is 1. The van der Waals surface area contributed by atoms with Crippen LogP contribution in [0.4, 0.5) is 5.69 Å². The number of hydrogen-bond donors (Lipinski definition) is 2. The van der Waals surface area contributed by atoms with E-state index in [2.05, 4.69) is 22.2 Å². The largest absolute Gasteiger partial charge is 0.324 e. The number of aryl methyl sites for hydroxylation is 2. The Morgan fingerprint density at radius 1 is 1.31 bits per heavy atom. The van der Waals surface area contributed by atoms with E-state index in [1.165, 1.54) is 17.8 Å². The summed E-state index contributed by atoms with van der Waals surface area (Å²) in [5, 5.41) is 3.80. The molecule has 0 fully saturated rings. The van der Waals surface area contributed by atoms with Gasteiger partial charge < -0.3 is 10.3 Å². The van der Waals surface area contributed by atoms with Crippen LogP contribution in [0.1, 0.15) is 30.2 Å². The summed E-state index contributed by atoms with van der Waals surface area (Å²) in [6, 6.07) is 5.28. The van der Waals surface area contributed by atoms with Crippen molar-refractivity contribution in [3.63, 3.8) is 0 Å². The zero-order valence-corrected chi connectivity index (χ0v) is 17.4. The number of aromatic nitrogens is 2. The van der Waals surface area contributed by atoms with Crippen LogP contribution in [0, 0.1) is 13.8 Å². The molecule has 2 N–H and O–H groups in total. The zero-order chi connectivity index (χ0) is 19.1. The predicted octanol–water partition coefficient (Wildman–Crippen LogP) is 4.41. The average molecular weight is 412 g/mol. The van der Waals surface area contributed by atoms with Crippen LogP contribution in [0.3, 0.4) is 0 Å². The normalized spacial score (nSPS) is 10.8. The van der Waals surface area contributed by atoms with E-state index >= 15 is 0 Å². The molecular weight excluding hydrogens is 390 g/mol. The molecule has 0 atom stereocenters. The van der Waals surface area contributed by atoms with Gasteiger partial charge in [0.1, 0.15) is 0 Å². The zero-order valence-electron chi connectivity index (χ0n) is 15.0. The van der Waals surface area contributed by atoms with E-state index in [1.54, 1.807) is 11.8 Å². The Labute approximate surface area is 166 Å². The minimum absolute atomic E-state index is 0.137. The van der Waals surface area contributed by atoms with Crippen molar-refractivity contribution in [3.8, 4) is 0 Å². The summed E-state index contributed by atoms with van der Waals surface area (Å²) in [4.78, 5) is 31.1. The lowest BCUT2D eigenvalue weighted by molar-refractivity contribution is -0.113. The van der Waals surface area contributed by atoms with Crippen LogP contribution in [0.5, 0.6) is 0 Å². The fraction of sp³-hybridized carbons (Fsp3) is 0.389. The molecule has 1 heterocycles. The third-order valence-electron chi connectivity index (χ3n) is 3.41. The summed E-state index contributed by atoms with van der Waals surface area (Å²) in [6.07, 6.45) is 1.08. The maximum atomic E-state index is 12.2. The molecule has 5 nitrogen and oxygen atoms in total. The highest BCUT2D eigenvalue weighted by Crippen LogP contribution is 2.27. The van der Waals surface area contributed by atoms with Gasteiger partial charge in [-0.05, 0) is 43.2 Å². The first-order chi connectivity index (χ1) is 12.4. The highest BCUT2D eigenvalue weighted by Gasteiger charge is 2.11. The number of carbonyl (C=O) groups is 1. The van der Waals surface area contributed by atoms with Crippen molar-refractivity contribution in [2.45, 2.75) is 38.1 Å². The summed E-state index contributed by atoms with van der Waals surface area (Å²) in [7, 11) is 0. The smallest absolute Gasteiger partial charge is 0.251 e. The molecule has 26 heavy (non-hydrogen) atoms. The van der Waals surface area contributed by atoms with Crippen molar-refractivity contribution in [2.24, 2.45) is 0 Å². The molecule has 0 aliphatic heterocycles. The summed E-state index contributed by atoms with van der Waals surface area (Å²) >= 11 is 9.15. The van der Waals surface area contributed by atoms with Crippen molar-refractivity contribution in [2.75, 3.05) is 16.8 Å². The molecular formula is C18H22ClN3O2S2. The lowest BCUT2D eigenvalue weighted by Gasteiger charge is -2.11.